The number of benzene rings is 1. The number of hydrogen-bond acceptors (Lipinski definition) is 4. The van der Waals surface area contributed by atoms with Crippen LogP contribution < -0.4 is 5.32 Å². The summed E-state index contributed by atoms with van der Waals surface area (Å²) in [6.45, 7) is 4.02. The number of pyridine rings is 1. The monoisotopic (exact) mass is 386 g/mol. The van der Waals surface area contributed by atoms with Gasteiger partial charge in [0.1, 0.15) is 0 Å². The van der Waals surface area contributed by atoms with Crippen molar-refractivity contribution in [3.05, 3.63) is 77.9 Å². The second kappa shape index (κ2) is 8.10. The molecule has 0 radical (unpaired) electrons. The van der Waals surface area contributed by atoms with Crippen LogP contribution in [0.4, 0.5) is 5.82 Å². The standard InChI is InChI=1S/C22H22N6O/c1-15-19(16(2)28(27-15)18-6-4-3-5-7-18)8-9-22(29)24-21-14-20(25-26-21)17-10-12-23-13-11-17/h3-7,10-14H,8-9H2,1-2H3,(H2,24,25,26,29). The number of para-hydroxylation sites is 1. The summed E-state index contributed by atoms with van der Waals surface area (Å²) in [6.07, 6.45) is 4.42. The SMILES string of the molecule is Cc1nn(-c2ccccc2)c(C)c1CCC(=O)Nc1cc(-c2ccncc2)[nH]n1. The quantitative estimate of drug-likeness (QED) is 0.527. The lowest BCUT2D eigenvalue weighted by Crippen LogP contribution is -2.13. The van der Waals surface area contributed by atoms with Crippen molar-refractivity contribution < 1.29 is 4.79 Å². The zero-order valence-electron chi connectivity index (χ0n) is 16.4. The summed E-state index contributed by atoms with van der Waals surface area (Å²) in [5.41, 5.74) is 5.92. The first kappa shape index (κ1) is 18.6. The molecule has 0 bridgehead atoms. The number of amides is 1. The molecule has 0 aliphatic heterocycles. The molecule has 0 fully saturated rings. The fourth-order valence-electron chi connectivity index (χ4n) is 3.37. The Balaban J connectivity index is 1.41. The molecule has 29 heavy (non-hydrogen) atoms. The highest BCUT2D eigenvalue weighted by Gasteiger charge is 2.15. The Kier molecular flexibility index (Phi) is 5.20. The number of H-pyrrole nitrogens is 1. The molecule has 4 aromatic rings. The number of aryl methyl sites for hydroxylation is 1. The van der Waals surface area contributed by atoms with E-state index < -0.39 is 0 Å². The molecule has 0 spiro atoms. The number of rotatable bonds is 6. The topological polar surface area (TPSA) is 88.5 Å². The molecule has 7 nitrogen and oxygen atoms in total. The molecule has 3 aromatic heterocycles. The van der Waals surface area contributed by atoms with Gasteiger partial charge in [-0.1, -0.05) is 18.2 Å². The number of aromatic nitrogens is 5. The summed E-state index contributed by atoms with van der Waals surface area (Å²) in [6, 6.07) is 15.6. The van der Waals surface area contributed by atoms with E-state index in [2.05, 4.69) is 25.6 Å². The molecule has 0 atom stereocenters. The minimum absolute atomic E-state index is 0.0796. The zero-order valence-corrected chi connectivity index (χ0v) is 16.4. The predicted octanol–water partition coefficient (Wildman–Crippen LogP) is 3.85. The van der Waals surface area contributed by atoms with Crippen LogP contribution in [0.5, 0.6) is 0 Å². The third kappa shape index (κ3) is 4.08. The van der Waals surface area contributed by atoms with Crippen LogP contribution >= 0.6 is 0 Å². The highest BCUT2D eigenvalue weighted by atomic mass is 16.1. The summed E-state index contributed by atoms with van der Waals surface area (Å²) in [4.78, 5) is 16.4. The number of carbonyl (C=O) groups is 1. The van der Waals surface area contributed by atoms with E-state index in [1.165, 1.54) is 0 Å². The van der Waals surface area contributed by atoms with Crippen molar-refractivity contribution in [2.45, 2.75) is 26.7 Å². The van der Waals surface area contributed by atoms with Crippen molar-refractivity contribution in [3.63, 3.8) is 0 Å². The molecule has 0 saturated heterocycles. The Morgan fingerprint density at radius 2 is 1.86 bits per heavy atom. The van der Waals surface area contributed by atoms with Crippen LogP contribution in [0.15, 0.2) is 60.9 Å². The van der Waals surface area contributed by atoms with Gasteiger partial charge in [0.25, 0.3) is 0 Å². The molecule has 0 unspecified atom stereocenters. The molecule has 0 saturated carbocycles. The Morgan fingerprint density at radius 3 is 2.62 bits per heavy atom. The van der Waals surface area contributed by atoms with Crippen LogP contribution in [0.25, 0.3) is 16.9 Å². The van der Waals surface area contributed by atoms with Gasteiger partial charge in [0.15, 0.2) is 5.82 Å². The lowest BCUT2D eigenvalue weighted by Gasteiger charge is -2.05. The lowest BCUT2D eigenvalue weighted by atomic mass is 10.1. The van der Waals surface area contributed by atoms with Gasteiger partial charge in [-0.25, -0.2) is 4.68 Å². The van der Waals surface area contributed by atoms with E-state index in [0.29, 0.717) is 18.7 Å². The maximum atomic E-state index is 12.4. The Morgan fingerprint density at radius 1 is 1.10 bits per heavy atom. The molecular formula is C22H22N6O. The second-order valence-corrected chi connectivity index (χ2v) is 6.85. The van der Waals surface area contributed by atoms with Gasteiger partial charge in [0.05, 0.1) is 17.1 Å². The first-order chi connectivity index (χ1) is 14.1. The third-order valence-electron chi connectivity index (χ3n) is 4.88. The summed E-state index contributed by atoms with van der Waals surface area (Å²) in [5, 5.41) is 14.6. The highest BCUT2D eigenvalue weighted by molar-refractivity contribution is 5.90. The zero-order chi connectivity index (χ0) is 20.2. The van der Waals surface area contributed by atoms with Crippen LogP contribution in [-0.4, -0.2) is 30.9 Å². The normalized spacial score (nSPS) is 10.8. The summed E-state index contributed by atoms with van der Waals surface area (Å²) in [5.74, 6) is 0.430. The van der Waals surface area contributed by atoms with Crippen LogP contribution in [0.2, 0.25) is 0 Å². The lowest BCUT2D eigenvalue weighted by molar-refractivity contribution is -0.116. The van der Waals surface area contributed by atoms with Crippen molar-refractivity contribution in [1.82, 2.24) is 25.0 Å². The van der Waals surface area contributed by atoms with Gasteiger partial charge < -0.3 is 5.32 Å². The molecule has 0 aliphatic carbocycles. The van der Waals surface area contributed by atoms with Crippen molar-refractivity contribution in [3.8, 4) is 16.9 Å². The van der Waals surface area contributed by atoms with Crippen molar-refractivity contribution in [1.29, 1.82) is 0 Å². The maximum Gasteiger partial charge on any atom is 0.225 e. The van der Waals surface area contributed by atoms with Crippen molar-refractivity contribution in [2.24, 2.45) is 0 Å². The molecule has 0 aliphatic rings. The molecule has 7 heteroatoms. The van der Waals surface area contributed by atoms with Crippen LogP contribution in [0, 0.1) is 13.8 Å². The second-order valence-electron chi connectivity index (χ2n) is 6.85. The van der Waals surface area contributed by atoms with Crippen LogP contribution in [0.3, 0.4) is 0 Å². The summed E-state index contributed by atoms with van der Waals surface area (Å²) >= 11 is 0. The first-order valence-electron chi connectivity index (χ1n) is 9.48. The van der Waals surface area contributed by atoms with Gasteiger partial charge in [-0.15, -0.1) is 0 Å². The largest absolute Gasteiger partial charge is 0.309 e. The molecule has 2 N–H and O–H groups in total. The Labute approximate surface area is 168 Å². The van der Waals surface area contributed by atoms with Gasteiger partial charge in [-0.05, 0) is 50.1 Å². The van der Waals surface area contributed by atoms with Gasteiger partial charge in [-0.2, -0.15) is 10.2 Å². The van der Waals surface area contributed by atoms with Gasteiger partial charge in [0, 0.05) is 36.1 Å². The maximum absolute atomic E-state index is 12.4. The van der Waals surface area contributed by atoms with E-state index in [0.717, 1.165) is 33.9 Å². The smallest absolute Gasteiger partial charge is 0.225 e. The molecule has 1 amide bonds. The number of carbonyl (C=O) groups excluding carboxylic acids is 1. The number of anilines is 1. The third-order valence-corrected chi connectivity index (χ3v) is 4.88. The van der Waals surface area contributed by atoms with Crippen molar-refractivity contribution >= 4 is 11.7 Å². The Hall–Kier alpha value is -3.74. The first-order valence-corrected chi connectivity index (χ1v) is 9.48. The average molecular weight is 386 g/mol. The fourth-order valence-corrected chi connectivity index (χ4v) is 3.37. The van der Waals surface area contributed by atoms with E-state index >= 15 is 0 Å². The van der Waals surface area contributed by atoms with E-state index in [4.69, 9.17) is 0 Å². The minimum Gasteiger partial charge on any atom is -0.309 e. The highest BCUT2D eigenvalue weighted by Crippen LogP contribution is 2.21. The number of nitrogens with one attached hydrogen (secondary N) is 2. The average Bonchev–Trinajstić information content (AvgIpc) is 3.32. The van der Waals surface area contributed by atoms with Crippen LogP contribution in [-0.2, 0) is 11.2 Å². The molecule has 3 heterocycles. The van der Waals surface area contributed by atoms with E-state index in [-0.39, 0.29) is 5.91 Å². The van der Waals surface area contributed by atoms with Gasteiger partial charge >= 0.3 is 0 Å². The van der Waals surface area contributed by atoms with Gasteiger partial charge in [0.2, 0.25) is 5.91 Å². The molecule has 1 aromatic carbocycles. The van der Waals surface area contributed by atoms with E-state index in [1.54, 1.807) is 12.4 Å². The van der Waals surface area contributed by atoms with E-state index in [9.17, 15) is 4.79 Å². The number of hydrogen-bond donors (Lipinski definition) is 2. The Bertz CT molecular complexity index is 1110. The molecule has 146 valence electrons. The summed E-state index contributed by atoms with van der Waals surface area (Å²) in [7, 11) is 0. The van der Waals surface area contributed by atoms with Crippen molar-refractivity contribution in [2.75, 3.05) is 5.32 Å². The summed E-state index contributed by atoms with van der Waals surface area (Å²) < 4.78 is 1.93. The van der Waals surface area contributed by atoms with Crippen LogP contribution in [0.1, 0.15) is 23.4 Å². The fraction of sp³-hybridized carbons (Fsp3) is 0.182. The number of nitrogens with zero attached hydrogens (tertiary/aromatic N) is 4. The minimum atomic E-state index is -0.0796. The predicted molar refractivity (Wildman–Crippen MR) is 112 cm³/mol. The van der Waals surface area contributed by atoms with E-state index in [1.807, 2.05) is 67.1 Å². The molecular weight excluding hydrogens is 364 g/mol. The number of aromatic amines is 1. The molecule has 4 rings (SSSR count). The van der Waals surface area contributed by atoms with Gasteiger partial charge in [-0.3, -0.25) is 14.9 Å².